The van der Waals surface area contributed by atoms with E-state index in [1.165, 1.54) is 23.1 Å². The summed E-state index contributed by atoms with van der Waals surface area (Å²) in [7, 11) is -4.24. The Kier molecular flexibility index (Phi) is 8.64. The van der Waals surface area contributed by atoms with Crippen LogP contribution in [0.3, 0.4) is 0 Å². The van der Waals surface area contributed by atoms with Crippen molar-refractivity contribution >= 4 is 50.9 Å². The number of amides is 3. The summed E-state index contributed by atoms with van der Waals surface area (Å²) in [5.74, 6) is -1.92. The van der Waals surface area contributed by atoms with Gasteiger partial charge >= 0.3 is 0 Å². The molecule has 3 aromatic rings. The summed E-state index contributed by atoms with van der Waals surface area (Å²) in [5, 5.41) is 3.45. The zero-order valence-electron chi connectivity index (χ0n) is 21.3. The van der Waals surface area contributed by atoms with E-state index in [0.29, 0.717) is 14.9 Å². The van der Waals surface area contributed by atoms with Crippen molar-refractivity contribution in [1.82, 2.24) is 14.5 Å². The number of rotatable bonds is 9. The highest BCUT2D eigenvalue weighted by atomic mass is 35.5. The van der Waals surface area contributed by atoms with Gasteiger partial charge in [0, 0.05) is 19.0 Å². The number of sulfonamides is 1. The molecule has 204 valence electrons. The summed E-state index contributed by atoms with van der Waals surface area (Å²) >= 11 is 12.3. The van der Waals surface area contributed by atoms with Gasteiger partial charge in [-0.15, -0.1) is 0 Å². The number of benzene rings is 3. The lowest BCUT2D eigenvalue weighted by Crippen LogP contribution is -2.54. The Morgan fingerprint density at radius 2 is 1.59 bits per heavy atom. The molecule has 0 aliphatic carbocycles. The second-order valence-corrected chi connectivity index (χ2v) is 12.1. The fourth-order valence-corrected chi connectivity index (χ4v) is 6.21. The van der Waals surface area contributed by atoms with E-state index < -0.39 is 40.3 Å². The van der Waals surface area contributed by atoms with E-state index in [2.05, 4.69) is 5.32 Å². The maximum Gasteiger partial charge on any atom is 0.269 e. The van der Waals surface area contributed by atoms with Crippen LogP contribution in [0.1, 0.15) is 35.3 Å². The number of hydrogen-bond acceptors (Lipinski definition) is 5. The van der Waals surface area contributed by atoms with Crippen molar-refractivity contribution in [3.8, 4) is 0 Å². The predicted octanol–water partition coefficient (Wildman–Crippen LogP) is 4.30. The number of halogens is 2. The molecule has 1 N–H and O–H groups in total. The molecule has 3 amide bonds. The molecule has 4 rings (SSSR count). The Hall–Kier alpha value is -3.40. The quantitative estimate of drug-likeness (QED) is 0.402. The molecular formula is C28H27Cl2N3O5S. The van der Waals surface area contributed by atoms with Crippen molar-refractivity contribution in [1.29, 1.82) is 0 Å². The van der Waals surface area contributed by atoms with E-state index >= 15 is 0 Å². The molecule has 1 aliphatic heterocycles. The van der Waals surface area contributed by atoms with Gasteiger partial charge in [-0.3, -0.25) is 14.4 Å². The largest absolute Gasteiger partial charge is 0.352 e. The van der Waals surface area contributed by atoms with Crippen LogP contribution < -0.4 is 5.32 Å². The number of fused-ring (bicyclic) bond motifs is 1. The van der Waals surface area contributed by atoms with Crippen molar-refractivity contribution < 1.29 is 22.8 Å². The minimum atomic E-state index is -4.24. The maximum atomic E-state index is 13.9. The van der Waals surface area contributed by atoms with Crippen molar-refractivity contribution in [2.45, 2.75) is 43.8 Å². The topological polar surface area (TPSA) is 104 Å². The average molecular weight is 589 g/mol. The monoisotopic (exact) mass is 587 g/mol. The smallest absolute Gasteiger partial charge is 0.269 e. The summed E-state index contributed by atoms with van der Waals surface area (Å²) in [6.07, 6.45) is 0.160. The van der Waals surface area contributed by atoms with E-state index in [0.717, 1.165) is 5.56 Å². The molecule has 11 heteroatoms. The number of nitrogens with one attached hydrogen (secondary N) is 1. The van der Waals surface area contributed by atoms with Gasteiger partial charge in [-0.1, -0.05) is 71.7 Å². The molecule has 8 nitrogen and oxygen atoms in total. The first-order chi connectivity index (χ1) is 18.5. The van der Waals surface area contributed by atoms with Gasteiger partial charge in [-0.25, -0.2) is 12.7 Å². The predicted molar refractivity (Wildman–Crippen MR) is 149 cm³/mol. The summed E-state index contributed by atoms with van der Waals surface area (Å²) in [4.78, 5) is 41.5. The highest BCUT2D eigenvalue weighted by Crippen LogP contribution is 2.30. The van der Waals surface area contributed by atoms with Gasteiger partial charge < -0.3 is 10.2 Å². The molecule has 0 spiro atoms. The van der Waals surface area contributed by atoms with Gasteiger partial charge in [0.25, 0.3) is 15.9 Å². The van der Waals surface area contributed by atoms with Crippen LogP contribution in [0.15, 0.2) is 77.7 Å². The lowest BCUT2D eigenvalue weighted by molar-refractivity contribution is -0.141. The molecule has 39 heavy (non-hydrogen) atoms. The third kappa shape index (κ3) is 6.27. The van der Waals surface area contributed by atoms with Gasteiger partial charge in [0.2, 0.25) is 11.8 Å². The fraction of sp³-hybridized carbons (Fsp3) is 0.250. The molecule has 3 aromatic carbocycles. The summed E-state index contributed by atoms with van der Waals surface area (Å²) < 4.78 is 26.9. The first-order valence-electron chi connectivity index (χ1n) is 12.2. The Balaban J connectivity index is 1.73. The number of carbonyl (C=O) groups is 3. The Morgan fingerprint density at radius 1 is 0.923 bits per heavy atom. The summed E-state index contributed by atoms with van der Waals surface area (Å²) in [6.45, 7) is 2.76. The van der Waals surface area contributed by atoms with Gasteiger partial charge in [0.1, 0.15) is 17.5 Å². The van der Waals surface area contributed by atoms with Crippen molar-refractivity contribution in [3.63, 3.8) is 0 Å². The molecule has 0 saturated carbocycles. The Labute approximate surface area is 237 Å². The number of hydrogen-bond donors (Lipinski definition) is 1. The maximum absolute atomic E-state index is 13.9. The molecule has 0 aromatic heterocycles. The highest BCUT2D eigenvalue weighted by molar-refractivity contribution is 7.90. The molecular weight excluding hydrogens is 561 g/mol. The molecule has 1 atom stereocenters. The van der Waals surface area contributed by atoms with Gasteiger partial charge in [-0.2, -0.15) is 0 Å². The minimum Gasteiger partial charge on any atom is -0.352 e. The fourth-order valence-electron chi connectivity index (χ4n) is 4.37. The van der Waals surface area contributed by atoms with Crippen LogP contribution in [0.4, 0.5) is 0 Å². The highest BCUT2D eigenvalue weighted by Gasteiger charge is 2.43. The molecule has 0 fully saturated rings. The third-order valence-electron chi connectivity index (χ3n) is 6.23. The minimum absolute atomic E-state index is 0.000260. The van der Waals surface area contributed by atoms with Crippen LogP contribution >= 0.6 is 23.2 Å². The molecule has 1 aliphatic rings. The van der Waals surface area contributed by atoms with Crippen LogP contribution in [-0.2, 0) is 32.6 Å². The van der Waals surface area contributed by atoms with Crippen molar-refractivity contribution in [2.75, 3.05) is 6.54 Å². The number of nitrogens with zero attached hydrogens (tertiary/aromatic N) is 2. The van der Waals surface area contributed by atoms with Gasteiger partial charge in [-0.05, 0) is 49.2 Å². The average Bonchev–Trinajstić information content (AvgIpc) is 3.09. The van der Waals surface area contributed by atoms with Crippen LogP contribution in [-0.4, -0.2) is 54.0 Å². The first-order valence-corrected chi connectivity index (χ1v) is 14.4. The van der Waals surface area contributed by atoms with Gasteiger partial charge in [0.05, 0.1) is 15.6 Å². The van der Waals surface area contributed by atoms with Crippen LogP contribution in [0.25, 0.3) is 0 Å². The molecule has 0 radical (unpaired) electrons. The first kappa shape index (κ1) is 28.6. The lowest BCUT2D eigenvalue weighted by Gasteiger charge is -2.33. The standard InChI is InChI=1S/C28H27Cl2N3O5S/c1-18(2)31-27(35)24(15-19-8-4-3-5-9-19)32(16-20-12-13-22(29)23(30)14-20)26(34)17-33-28(36)21-10-6-7-11-25(21)39(33,37)38/h3-14,18,24H,15-17H2,1-2H3,(H,31,35). The van der Waals surface area contributed by atoms with Crippen LogP contribution in [0, 0.1) is 0 Å². The molecule has 0 saturated heterocycles. The summed E-state index contributed by atoms with van der Waals surface area (Å²) in [5.41, 5.74) is 1.37. The van der Waals surface area contributed by atoms with Crippen molar-refractivity contribution in [3.05, 3.63) is 99.5 Å². The number of carbonyl (C=O) groups excluding carboxylic acids is 3. The lowest BCUT2D eigenvalue weighted by atomic mass is 10.0. The summed E-state index contributed by atoms with van der Waals surface area (Å²) in [6, 6.07) is 18.6. The normalized spacial score (nSPS) is 14.7. The van der Waals surface area contributed by atoms with Gasteiger partial charge in [0.15, 0.2) is 0 Å². The Morgan fingerprint density at radius 3 is 2.23 bits per heavy atom. The molecule has 1 heterocycles. The molecule has 0 bridgehead atoms. The third-order valence-corrected chi connectivity index (χ3v) is 8.76. The van der Waals surface area contributed by atoms with E-state index in [-0.39, 0.29) is 34.5 Å². The second kappa shape index (κ2) is 11.8. The van der Waals surface area contributed by atoms with E-state index in [1.54, 1.807) is 38.1 Å². The van der Waals surface area contributed by atoms with E-state index in [1.807, 2.05) is 30.3 Å². The SMILES string of the molecule is CC(C)NC(=O)C(Cc1ccccc1)N(Cc1ccc(Cl)c(Cl)c1)C(=O)CN1C(=O)c2ccccc2S1(=O)=O. The van der Waals surface area contributed by atoms with Crippen LogP contribution in [0.2, 0.25) is 10.0 Å². The second-order valence-electron chi connectivity index (χ2n) is 9.45. The van der Waals surface area contributed by atoms with Crippen LogP contribution in [0.5, 0.6) is 0 Å². The van der Waals surface area contributed by atoms with E-state index in [4.69, 9.17) is 23.2 Å². The zero-order valence-corrected chi connectivity index (χ0v) is 23.6. The molecule has 1 unspecified atom stereocenters. The van der Waals surface area contributed by atoms with E-state index in [9.17, 15) is 22.8 Å². The zero-order chi connectivity index (χ0) is 28.3. The Bertz CT molecular complexity index is 1510. The van der Waals surface area contributed by atoms with Crippen molar-refractivity contribution in [2.24, 2.45) is 0 Å².